The molecule has 0 aromatic rings. The number of nitrogens with zero attached hydrogens (tertiary/aromatic N) is 2. The van der Waals surface area contributed by atoms with Crippen LogP contribution in [0.25, 0.3) is 0 Å². The van der Waals surface area contributed by atoms with E-state index in [-0.39, 0.29) is 25.0 Å². The highest BCUT2D eigenvalue weighted by Crippen LogP contribution is 2.34. The Kier molecular flexibility index (Phi) is 4.69. The number of hydrogen-bond donors (Lipinski definition) is 0. The summed E-state index contributed by atoms with van der Waals surface area (Å²) < 4.78 is 19.8. The van der Waals surface area contributed by atoms with Crippen LogP contribution in [0.3, 0.4) is 0 Å². The molecule has 1 amide bonds. The van der Waals surface area contributed by atoms with Crippen LogP contribution in [0.2, 0.25) is 0 Å². The molecule has 18 heavy (non-hydrogen) atoms. The maximum absolute atomic E-state index is 14.2. The van der Waals surface area contributed by atoms with Crippen molar-refractivity contribution in [2.45, 2.75) is 52.5 Å². The summed E-state index contributed by atoms with van der Waals surface area (Å²) in [6.07, 6.45) is -1.96. The lowest BCUT2D eigenvalue weighted by atomic mass is 9.80. The molecule has 1 rings (SSSR count). The maximum Gasteiger partial charge on any atom is 0.236 e. The number of hydrogen-bond acceptors (Lipinski definition) is 3. The van der Waals surface area contributed by atoms with Gasteiger partial charge in [0.05, 0.1) is 24.8 Å². The summed E-state index contributed by atoms with van der Waals surface area (Å²) in [6, 6.07) is 1.81. The van der Waals surface area contributed by atoms with Gasteiger partial charge >= 0.3 is 0 Å². The zero-order valence-electron chi connectivity index (χ0n) is 11.4. The van der Waals surface area contributed by atoms with Gasteiger partial charge in [0.15, 0.2) is 0 Å². The molecule has 0 N–H and O–H groups in total. The van der Waals surface area contributed by atoms with Crippen LogP contribution < -0.4 is 0 Å². The SMILES string of the molecule is CC(C)O[C@@H]1[C@H](F)CN(C(=O)CC#N)CC1(C)C. The fourth-order valence-corrected chi connectivity index (χ4v) is 2.37. The van der Waals surface area contributed by atoms with E-state index in [1.807, 2.05) is 27.7 Å². The van der Waals surface area contributed by atoms with E-state index in [9.17, 15) is 9.18 Å². The van der Waals surface area contributed by atoms with Crippen LogP contribution in [-0.2, 0) is 9.53 Å². The highest BCUT2D eigenvalue weighted by molar-refractivity contribution is 5.78. The van der Waals surface area contributed by atoms with Gasteiger partial charge in [0.25, 0.3) is 0 Å². The van der Waals surface area contributed by atoms with E-state index >= 15 is 0 Å². The molecule has 1 saturated heterocycles. The summed E-state index contributed by atoms with van der Waals surface area (Å²) in [5.74, 6) is -0.309. The number of nitriles is 1. The first kappa shape index (κ1) is 14.9. The molecule has 0 aromatic carbocycles. The molecule has 2 atom stereocenters. The van der Waals surface area contributed by atoms with Crippen LogP contribution in [0.4, 0.5) is 4.39 Å². The molecular formula is C13H21FN2O2. The van der Waals surface area contributed by atoms with E-state index in [0.29, 0.717) is 6.54 Å². The number of likely N-dealkylation sites (tertiary alicyclic amines) is 1. The van der Waals surface area contributed by atoms with Gasteiger partial charge in [-0.1, -0.05) is 13.8 Å². The Balaban J connectivity index is 2.77. The van der Waals surface area contributed by atoms with Crippen LogP contribution in [0.1, 0.15) is 34.1 Å². The monoisotopic (exact) mass is 256 g/mol. The van der Waals surface area contributed by atoms with E-state index in [4.69, 9.17) is 10.00 Å². The minimum absolute atomic E-state index is 0.0152. The molecule has 1 aliphatic heterocycles. The van der Waals surface area contributed by atoms with Crippen LogP contribution in [0.5, 0.6) is 0 Å². The third-order valence-corrected chi connectivity index (χ3v) is 3.09. The molecule has 0 unspecified atom stereocenters. The number of carbonyl (C=O) groups is 1. The van der Waals surface area contributed by atoms with Gasteiger partial charge in [0.2, 0.25) is 5.91 Å². The normalized spacial score (nSPS) is 27.1. The number of piperidine rings is 1. The van der Waals surface area contributed by atoms with Gasteiger partial charge < -0.3 is 9.64 Å². The molecule has 1 heterocycles. The largest absolute Gasteiger partial charge is 0.372 e. The number of carbonyl (C=O) groups excluding carboxylic acids is 1. The third kappa shape index (κ3) is 3.42. The Bertz CT molecular complexity index is 349. The molecular weight excluding hydrogens is 235 g/mol. The van der Waals surface area contributed by atoms with Crippen molar-refractivity contribution in [3.05, 3.63) is 0 Å². The molecule has 0 aromatic heterocycles. The molecule has 0 aliphatic carbocycles. The average molecular weight is 256 g/mol. The fourth-order valence-electron chi connectivity index (χ4n) is 2.37. The molecule has 0 radical (unpaired) electrons. The Morgan fingerprint density at radius 3 is 2.67 bits per heavy atom. The van der Waals surface area contributed by atoms with E-state index in [2.05, 4.69) is 0 Å². The van der Waals surface area contributed by atoms with Gasteiger partial charge in [-0.15, -0.1) is 0 Å². The smallest absolute Gasteiger partial charge is 0.236 e. The summed E-state index contributed by atoms with van der Waals surface area (Å²) in [6.45, 7) is 7.95. The van der Waals surface area contributed by atoms with E-state index in [1.54, 1.807) is 6.07 Å². The summed E-state index contributed by atoms with van der Waals surface area (Å²) in [7, 11) is 0. The summed E-state index contributed by atoms with van der Waals surface area (Å²) in [5.41, 5.74) is -0.451. The minimum Gasteiger partial charge on any atom is -0.372 e. The highest BCUT2D eigenvalue weighted by Gasteiger charge is 2.45. The van der Waals surface area contributed by atoms with Crippen LogP contribution in [-0.4, -0.2) is 42.3 Å². The van der Waals surface area contributed by atoms with Gasteiger partial charge in [-0.2, -0.15) is 5.26 Å². The first-order chi connectivity index (χ1) is 8.27. The molecule has 0 spiro atoms. The Morgan fingerprint density at radius 1 is 1.61 bits per heavy atom. The predicted molar refractivity (Wildman–Crippen MR) is 65.5 cm³/mol. The molecule has 0 bridgehead atoms. The molecule has 102 valence electrons. The first-order valence-corrected chi connectivity index (χ1v) is 6.22. The number of alkyl halides is 1. The summed E-state index contributed by atoms with van der Waals surface area (Å²) >= 11 is 0. The van der Waals surface area contributed by atoms with Crippen molar-refractivity contribution in [3.63, 3.8) is 0 Å². The second kappa shape index (κ2) is 5.66. The molecule has 1 fully saturated rings. The number of ether oxygens (including phenoxy) is 1. The zero-order valence-corrected chi connectivity index (χ0v) is 11.4. The maximum atomic E-state index is 14.2. The minimum atomic E-state index is -1.21. The topological polar surface area (TPSA) is 53.3 Å². The van der Waals surface area contributed by atoms with Crippen molar-refractivity contribution in [3.8, 4) is 6.07 Å². The molecule has 5 heteroatoms. The van der Waals surface area contributed by atoms with E-state index in [1.165, 1.54) is 4.90 Å². The van der Waals surface area contributed by atoms with Crippen LogP contribution >= 0.6 is 0 Å². The fraction of sp³-hybridized carbons (Fsp3) is 0.846. The number of halogens is 1. The zero-order chi connectivity index (χ0) is 13.9. The molecule has 0 saturated carbocycles. The van der Waals surface area contributed by atoms with E-state index < -0.39 is 17.7 Å². The Morgan fingerprint density at radius 2 is 2.22 bits per heavy atom. The number of amides is 1. The Hall–Kier alpha value is -1.15. The summed E-state index contributed by atoms with van der Waals surface area (Å²) in [5, 5.41) is 8.52. The van der Waals surface area contributed by atoms with Gasteiger partial charge in [-0.05, 0) is 13.8 Å². The van der Waals surface area contributed by atoms with Crippen molar-refractivity contribution in [2.75, 3.05) is 13.1 Å². The van der Waals surface area contributed by atoms with Crippen molar-refractivity contribution < 1.29 is 13.9 Å². The van der Waals surface area contributed by atoms with Gasteiger partial charge in [0.1, 0.15) is 12.6 Å². The quantitative estimate of drug-likeness (QED) is 0.775. The van der Waals surface area contributed by atoms with Crippen molar-refractivity contribution in [1.82, 2.24) is 4.90 Å². The standard InChI is InChI=1S/C13H21FN2O2/c1-9(2)18-12-10(14)7-16(8-13(12,3)4)11(17)5-6-15/h9-10,12H,5,7-8H2,1-4H3/t10-,12-/m1/s1. The average Bonchev–Trinajstić information content (AvgIpc) is 2.23. The highest BCUT2D eigenvalue weighted by atomic mass is 19.1. The third-order valence-electron chi connectivity index (χ3n) is 3.09. The second-order valence-corrected chi connectivity index (χ2v) is 5.72. The van der Waals surface area contributed by atoms with Crippen molar-refractivity contribution in [1.29, 1.82) is 5.26 Å². The lowest BCUT2D eigenvalue weighted by Gasteiger charge is -2.46. The van der Waals surface area contributed by atoms with Gasteiger partial charge in [-0.3, -0.25) is 4.79 Å². The molecule has 1 aliphatic rings. The van der Waals surface area contributed by atoms with Crippen LogP contribution in [0, 0.1) is 16.7 Å². The molecule has 4 nitrogen and oxygen atoms in total. The summed E-state index contributed by atoms with van der Waals surface area (Å²) in [4.78, 5) is 13.1. The van der Waals surface area contributed by atoms with Gasteiger partial charge in [-0.25, -0.2) is 4.39 Å². The lowest BCUT2D eigenvalue weighted by Crippen LogP contribution is -2.58. The van der Waals surface area contributed by atoms with Gasteiger partial charge in [0, 0.05) is 12.0 Å². The Labute approximate surface area is 108 Å². The van der Waals surface area contributed by atoms with E-state index in [0.717, 1.165) is 0 Å². The second-order valence-electron chi connectivity index (χ2n) is 5.72. The van der Waals surface area contributed by atoms with Crippen molar-refractivity contribution in [2.24, 2.45) is 5.41 Å². The predicted octanol–water partition coefficient (Wildman–Crippen LogP) is 1.90. The lowest BCUT2D eigenvalue weighted by molar-refractivity contribution is -0.155. The number of rotatable bonds is 3. The van der Waals surface area contributed by atoms with Crippen LogP contribution in [0.15, 0.2) is 0 Å². The van der Waals surface area contributed by atoms with Crippen molar-refractivity contribution >= 4 is 5.91 Å². The first-order valence-electron chi connectivity index (χ1n) is 6.22.